The highest BCUT2D eigenvalue weighted by atomic mass is 31.0. The first kappa shape index (κ1) is 20.1. The van der Waals surface area contributed by atoms with Crippen LogP contribution in [0, 0.1) is 0 Å². The summed E-state index contributed by atoms with van der Waals surface area (Å²) in [6.45, 7) is 3.92. The number of ether oxygens (including phenoxy) is 1. The largest absolute Gasteiger partial charge is 0.424 e. The Labute approximate surface area is 143 Å². The highest BCUT2D eigenvalue weighted by Gasteiger charge is 2.15. The maximum absolute atomic E-state index is 11.8. The van der Waals surface area contributed by atoms with Crippen molar-refractivity contribution in [1.82, 2.24) is 0 Å². The Morgan fingerprint density at radius 2 is 1.65 bits per heavy atom. The molecule has 0 aliphatic heterocycles. The van der Waals surface area contributed by atoms with Crippen molar-refractivity contribution >= 4 is 15.4 Å². The fraction of sp³-hybridized carbons (Fsp3) is 0.632. The van der Waals surface area contributed by atoms with Gasteiger partial charge in [-0.2, -0.15) is 0 Å². The van der Waals surface area contributed by atoms with Crippen molar-refractivity contribution in [2.24, 2.45) is 0 Å². The van der Waals surface area contributed by atoms with Gasteiger partial charge in [0.05, 0.1) is 0 Å². The monoisotopic (exact) mass is 338 g/mol. The Bertz CT molecular complexity index is 448. The minimum atomic E-state index is -0.573. The van der Waals surface area contributed by atoms with E-state index in [1.54, 1.807) is 6.92 Å². The lowest BCUT2D eigenvalue weighted by atomic mass is 10.0. The normalized spacial score (nSPS) is 12.1. The van der Waals surface area contributed by atoms with Crippen molar-refractivity contribution < 1.29 is 14.1 Å². The molecule has 0 N–H and O–H groups in total. The van der Waals surface area contributed by atoms with Crippen LogP contribution < -0.4 is 4.74 Å². The molecule has 0 amide bonds. The Balaban J connectivity index is 2.32. The molecule has 0 heterocycles. The summed E-state index contributed by atoms with van der Waals surface area (Å²) in [5.41, 5.74) is 1.10. The molecule has 0 spiro atoms. The van der Waals surface area contributed by atoms with Crippen LogP contribution in [0.3, 0.4) is 0 Å². The molecule has 1 aromatic rings. The maximum Gasteiger partial charge on any atom is 0.340 e. The molecule has 2 atom stereocenters. The summed E-state index contributed by atoms with van der Waals surface area (Å²) in [6, 6.07) is 7.78. The van der Waals surface area contributed by atoms with Crippen LogP contribution in [0.15, 0.2) is 24.3 Å². The SMILES string of the molecule is CCCCCCCCCCc1ccccc1OC(=O)C(C)OP. The summed E-state index contributed by atoms with van der Waals surface area (Å²) in [7, 11) is 2.10. The maximum atomic E-state index is 11.8. The lowest BCUT2D eigenvalue weighted by Crippen LogP contribution is -2.23. The Kier molecular flexibility index (Phi) is 10.9. The van der Waals surface area contributed by atoms with E-state index >= 15 is 0 Å². The van der Waals surface area contributed by atoms with E-state index in [0.717, 1.165) is 18.4 Å². The highest BCUT2D eigenvalue weighted by Crippen LogP contribution is 2.22. The van der Waals surface area contributed by atoms with Crippen LogP contribution >= 0.6 is 9.47 Å². The van der Waals surface area contributed by atoms with Crippen molar-refractivity contribution in [3.05, 3.63) is 29.8 Å². The molecule has 0 bridgehead atoms. The quantitative estimate of drug-likeness (QED) is 0.219. The molecule has 0 radical (unpaired) electrons. The summed E-state index contributed by atoms with van der Waals surface area (Å²) in [5, 5.41) is 0. The van der Waals surface area contributed by atoms with Crippen molar-refractivity contribution in [3.8, 4) is 5.75 Å². The molecule has 0 saturated heterocycles. The van der Waals surface area contributed by atoms with Gasteiger partial charge in [-0.1, -0.05) is 70.1 Å². The van der Waals surface area contributed by atoms with Crippen LogP contribution in [0.4, 0.5) is 0 Å². The number of rotatable bonds is 12. The number of carbonyl (C=O) groups excluding carboxylic acids is 1. The molecule has 0 aliphatic rings. The number of hydrogen-bond acceptors (Lipinski definition) is 3. The van der Waals surface area contributed by atoms with Gasteiger partial charge in [-0.05, 0) is 31.4 Å². The highest BCUT2D eigenvalue weighted by molar-refractivity contribution is 7.09. The minimum absolute atomic E-state index is 0.358. The molecule has 0 saturated carbocycles. The lowest BCUT2D eigenvalue weighted by molar-refractivity contribution is -0.140. The zero-order valence-corrected chi connectivity index (χ0v) is 15.7. The second-order valence-electron chi connectivity index (χ2n) is 6.03. The second-order valence-corrected chi connectivity index (χ2v) is 6.30. The fourth-order valence-corrected chi connectivity index (χ4v) is 2.62. The molecule has 2 unspecified atom stereocenters. The third-order valence-corrected chi connectivity index (χ3v) is 4.43. The minimum Gasteiger partial charge on any atom is -0.424 e. The van der Waals surface area contributed by atoms with Crippen LogP contribution in [-0.2, 0) is 15.7 Å². The van der Waals surface area contributed by atoms with Gasteiger partial charge in [0.1, 0.15) is 5.75 Å². The van der Waals surface area contributed by atoms with Gasteiger partial charge in [-0.15, -0.1) is 0 Å². The van der Waals surface area contributed by atoms with Gasteiger partial charge in [0.15, 0.2) is 6.10 Å². The standard InChI is InChI=1S/C19H31O3P/c1-3-4-5-6-7-8-9-10-13-17-14-11-12-15-18(17)21-19(20)16(2)22-23/h11-12,14-16H,3-10,13,23H2,1-2H3. The van der Waals surface area contributed by atoms with E-state index < -0.39 is 6.10 Å². The molecule has 1 aromatic carbocycles. The molecule has 130 valence electrons. The van der Waals surface area contributed by atoms with Crippen LogP contribution in [0.1, 0.15) is 70.8 Å². The lowest BCUT2D eigenvalue weighted by Gasteiger charge is -2.12. The third kappa shape index (κ3) is 8.48. The van der Waals surface area contributed by atoms with Gasteiger partial charge in [0.2, 0.25) is 0 Å². The Morgan fingerprint density at radius 1 is 1.04 bits per heavy atom. The van der Waals surface area contributed by atoms with Gasteiger partial charge in [0, 0.05) is 9.47 Å². The summed E-state index contributed by atoms with van der Waals surface area (Å²) in [6.07, 6.45) is 10.8. The van der Waals surface area contributed by atoms with E-state index in [9.17, 15) is 4.79 Å². The molecule has 4 heteroatoms. The van der Waals surface area contributed by atoms with E-state index in [4.69, 9.17) is 9.26 Å². The summed E-state index contributed by atoms with van der Waals surface area (Å²) in [5.74, 6) is 0.303. The summed E-state index contributed by atoms with van der Waals surface area (Å²) >= 11 is 0. The molecule has 3 nitrogen and oxygen atoms in total. The molecule has 0 aromatic heterocycles. The smallest absolute Gasteiger partial charge is 0.340 e. The first-order chi connectivity index (χ1) is 11.2. The number of carbonyl (C=O) groups is 1. The molecule has 0 fully saturated rings. The van der Waals surface area contributed by atoms with Crippen molar-refractivity contribution in [3.63, 3.8) is 0 Å². The van der Waals surface area contributed by atoms with Gasteiger partial charge in [0.25, 0.3) is 0 Å². The van der Waals surface area contributed by atoms with Gasteiger partial charge < -0.3 is 9.26 Å². The predicted octanol–water partition coefficient (Wildman–Crippen LogP) is 5.47. The van der Waals surface area contributed by atoms with Crippen molar-refractivity contribution in [2.75, 3.05) is 0 Å². The summed E-state index contributed by atoms with van der Waals surface area (Å²) < 4.78 is 10.4. The van der Waals surface area contributed by atoms with E-state index in [1.165, 1.54) is 44.9 Å². The topological polar surface area (TPSA) is 35.5 Å². The Morgan fingerprint density at radius 3 is 2.30 bits per heavy atom. The number of unbranched alkanes of at least 4 members (excludes halogenated alkanes) is 7. The molecule has 23 heavy (non-hydrogen) atoms. The zero-order valence-electron chi connectivity index (χ0n) is 14.6. The molecular weight excluding hydrogens is 307 g/mol. The van der Waals surface area contributed by atoms with Crippen LogP contribution in [-0.4, -0.2) is 12.1 Å². The van der Waals surface area contributed by atoms with Crippen LogP contribution in [0.5, 0.6) is 5.75 Å². The van der Waals surface area contributed by atoms with Gasteiger partial charge in [-0.3, -0.25) is 0 Å². The van der Waals surface area contributed by atoms with Crippen LogP contribution in [0.25, 0.3) is 0 Å². The molecule has 1 rings (SSSR count). The average molecular weight is 338 g/mol. The fourth-order valence-electron chi connectivity index (χ4n) is 2.51. The number of hydrogen-bond donors (Lipinski definition) is 0. The first-order valence-corrected chi connectivity index (χ1v) is 9.31. The van der Waals surface area contributed by atoms with Crippen LogP contribution in [0.2, 0.25) is 0 Å². The second kappa shape index (κ2) is 12.5. The molecule has 0 aliphatic carbocycles. The van der Waals surface area contributed by atoms with E-state index in [2.05, 4.69) is 16.4 Å². The van der Waals surface area contributed by atoms with E-state index in [-0.39, 0.29) is 5.97 Å². The Hall–Kier alpha value is -0.920. The van der Waals surface area contributed by atoms with Gasteiger partial charge >= 0.3 is 5.97 Å². The summed E-state index contributed by atoms with van der Waals surface area (Å²) in [4.78, 5) is 11.8. The average Bonchev–Trinajstić information content (AvgIpc) is 2.57. The van der Waals surface area contributed by atoms with E-state index in [1.807, 2.05) is 24.3 Å². The predicted molar refractivity (Wildman–Crippen MR) is 98.6 cm³/mol. The number of aryl methyl sites for hydroxylation is 1. The number of benzene rings is 1. The number of esters is 1. The molecular formula is C19H31O3P. The van der Waals surface area contributed by atoms with Crippen molar-refractivity contribution in [2.45, 2.75) is 77.7 Å². The van der Waals surface area contributed by atoms with Gasteiger partial charge in [-0.25, -0.2) is 4.79 Å². The van der Waals surface area contributed by atoms with Crippen molar-refractivity contribution in [1.29, 1.82) is 0 Å². The number of para-hydroxylation sites is 1. The zero-order chi connectivity index (χ0) is 16.9. The third-order valence-electron chi connectivity index (χ3n) is 4.02. The van der Waals surface area contributed by atoms with E-state index in [0.29, 0.717) is 5.75 Å². The first-order valence-electron chi connectivity index (χ1n) is 8.84.